The summed E-state index contributed by atoms with van der Waals surface area (Å²) in [6.45, 7) is 8.50. The van der Waals surface area contributed by atoms with Crippen LogP contribution >= 0.6 is 7.60 Å². The molecule has 1 amide bonds. The molecule has 3 aromatic carbocycles. The molecule has 0 bridgehead atoms. The molecule has 0 aromatic heterocycles. The maximum absolute atomic E-state index is 13.5. The van der Waals surface area contributed by atoms with E-state index in [0.29, 0.717) is 11.1 Å². The second kappa shape index (κ2) is 14.4. The van der Waals surface area contributed by atoms with Crippen LogP contribution in [0.5, 0.6) is 0 Å². The van der Waals surface area contributed by atoms with Gasteiger partial charge in [-0.1, -0.05) is 67.6 Å². The SMILES string of the molecule is CCOC(=O)C(CC)(Cc1cc(CP(=O)(OCC)OCC)cc(-c2cccc3ccccc23)c1)C(=O)ONC(C)=O. The number of carbonyl (C=O) groups excluding carboxylic acids is 3. The second-order valence-corrected chi connectivity index (χ2v) is 11.6. The van der Waals surface area contributed by atoms with Crippen LogP contribution in [0.3, 0.4) is 0 Å². The normalized spacial score (nSPS) is 12.9. The van der Waals surface area contributed by atoms with Crippen LogP contribution in [-0.4, -0.2) is 37.7 Å². The molecule has 0 aliphatic carbocycles. The van der Waals surface area contributed by atoms with E-state index in [9.17, 15) is 18.9 Å². The van der Waals surface area contributed by atoms with E-state index in [4.69, 9.17) is 18.6 Å². The van der Waals surface area contributed by atoms with Gasteiger partial charge in [0.15, 0.2) is 5.41 Å². The van der Waals surface area contributed by atoms with E-state index in [-0.39, 0.29) is 38.8 Å². The maximum atomic E-state index is 13.5. The molecule has 41 heavy (non-hydrogen) atoms. The quantitative estimate of drug-likeness (QED) is 0.107. The molecule has 10 heteroatoms. The van der Waals surface area contributed by atoms with Gasteiger partial charge >= 0.3 is 19.5 Å². The first-order chi connectivity index (χ1) is 19.6. The Kier molecular flexibility index (Phi) is 11.2. The van der Waals surface area contributed by atoms with Crippen LogP contribution in [0, 0.1) is 5.41 Å². The topological polar surface area (TPSA) is 117 Å². The van der Waals surface area contributed by atoms with Gasteiger partial charge in [-0.25, -0.2) is 4.79 Å². The van der Waals surface area contributed by atoms with Gasteiger partial charge in [0.2, 0.25) is 5.91 Å². The Labute approximate surface area is 241 Å². The Morgan fingerprint density at radius 3 is 2.12 bits per heavy atom. The van der Waals surface area contributed by atoms with Crippen molar-refractivity contribution in [1.29, 1.82) is 0 Å². The number of esters is 1. The summed E-state index contributed by atoms with van der Waals surface area (Å²) < 4.78 is 29.9. The fraction of sp³-hybridized carbons (Fsp3) is 0.387. The van der Waals surface area contributed by atoms with E-state index in [1.54, 1.807) is 33.8 Å². The lowest BCUT2D eigenvalue weighted by atomic mass is 9.78. The van der Waals surface area contributed by atoms with Crippen LogP contribution in [0.4, 0.5) is 0 Å². The molecule has 1 atom stereocenters. The van der Waals surface area contributed by atoms with Crippen LogP contribution in [0.15, 0.2) is 60.7 Å². The molecule has 0 saturated heterocycles. The molecule has 1 N–H and O–H groups in total. The lowest BCUT2D eigenvalue weighted by Crippen LogP contribution is -2.45. The highest BCUT2D eigenvalue weighted by Gasteiger charge is 2.48. The molecule has 0 radical (unpaired) electrons. The molecule has 0 fully saturated rings. The van der Waals surface area contributed by atoms with Crippen molar-refractivity contribution in [3.8, 4) is 11.1 Å². The number of carbonyl (C=O) groups is 3. The Balaban J connectivity index is 2.20. The average molecular weight is 584 g/mol. The predicted molar refractivity (Wildman–Crippen MR) is 157 cm³/mol. The number of hydroxylamine groups is 1. The third-order valence-corrected chi connectivity index (χ3v) is 8.69. The van der Waals surface area contributed by atoms with E-state index in [2.05, 4.69) is 0 Å². The van der Waals surface area contributed by atoms with Crippen molar-refractivity contribution in [3.63, 3.8) is 0 Å². The Morgan fingerprint density at radius 1 is 0.829 bits per heavy atom. The summed E-state index contributed by atoms with van der Waals surface area (Å²) in [5.74, 6) is -2.28. The minimum atomic E-state index is -3.48. The predicted octanol–water partition coefficient (Wildman–Crippen LogP) is 6.37. The van der Waals surface area contributed by atoms with Crippen LogP contribution in [-0.2, 0) is 50.2 Å². The third kappa shape index (κ3) is 7.82. The van der Waals surface area contributed by atoms with Crippen molar-refractivity contribution in [2.24, 2.45) is 5.41 Å². The van der Waals surface area contributed by atoms with Crippen LogP contribution in [0.25, 0.3) is 21.9 Å². The standard InChI is InChI=1S/C31H38NO8P/c1-6-31(29(34)37-7-2,30(35)40-32-22(5)33)20-23-17-24(21-41(36,38-8-3)39-9-4)19-26(18-23)28-16-12-14-25-13-10-11-15-27(25)28/h10-19H,6-9,20-21H2,1-5H3,(H,32,33). The van der Waals surface area contributed by atoms with Gasteiger partial charge in [0.05, 0.1) is 26.0 Å². The number of fused-ring (bicyclic) bond motifs is 1. The zero-order valence-electron chi connectivity index (χ0n) is 24.2. The molecule has 1 unspecified atom stereocenters. The number of benzene rings is 3. The van der Waals surface area contributed by atoms with Gasteiger partial charge in [0, 0.05) is 6.92 Å². The van der Waals surface area contributed by atoms with Crippen molar-refractivity contribution >= 4 is 36.2 Å². The van der Waals surface area contributed by atoms with E-state index in [1.807, 2.05) is 60.1 Å². The van der Waals surface area contributed by atoms with Crippen molar-refractivity contribution in [2.45, 2.75) is 53.6 Å². The molecular formula is C31H38NO8P. The molecule has 220 valence electrons. The number of nitrogens with one attached hydrogen (secondary N) is 1. The molecule has 0 aliphatic heterocycles. The highest BCUT2D eigenvalue weighted by Crippen LogP contribution is 2.52. The minimum Gasteiger partial charge on any atom is -0.465 e. The molecule has 0 aliphatic rings. The van der Waals surface area contributed by atoms with Gasteiger partial charge in [-0.15, -0.1) is 0 Å². The van der Waals surface area contributed by atoms with Gasteiger partial charge in [-0.2, -0.15) is 5.48 Å². The molecule has 3 rings (SSSR count). The fourth-order valence-corrected chi connectivity index (χ4v) is 6.48. The smallest absolute Gasteiger partial charge is 0.349 e. The van der Waals surface area contributed by atoms with Gasteiger partial charge in [0.25, 0.3) is 0 Å². The van der Waals surface area contributed by atoms with E-state index >= 15 is 0 Å². The summed E-state index contributed by atoms with van der Waals surface area (Å²) in [5.41, 5.74) is 3.28. The number of ether oxygens (including phenoxy) is 1. The Bertz CT molecular complexity index is 1420. The fourth-order valence-electron chi connectivity index (χ4n) is 4.81. The minimum absolute atomic E-state index is 0.00481. The van der Waals surface area contributed by atoms with E-state index in [0.717, 1.165) is 21.9 Å². The monoisotopic (exact) mass is 583 g/mol. The summed E-state index contributed by atoms with van der Waals surface area (Å²) in [7, 11) is -3.48. The van der Waals surface area contributed by atoms with Gasteiger partial charge < -0.3 is 18.6 Å². The number of rotatable bonds is 13. The zero-order chi connectivity index (χ0) is 30.0. The summed E-state index contributed by atoms with van der Waals surface area (Å²) in [5, 5.41) is 2.05. The first kappa shape index (κ1) is 32.0. The first-order valence-electron chi connectivity index (χ1n) is 13.8. The summed E-state index contributed by atoms with van der Waals surface area (Å²) >= 11 is 0. The first-order valence-corrected chi connectivity index (χ1v) is 15.5. The third-order valence-electron chi connectivity index (χ3n) is 6.63. The van der Waals surface area contributed by atoms with Crippen molar-refractivity contribution in [2.75, 3.05) is 19.8 Å². The van der Waals surface area contributed by atoms with Crippen molar-refractivity contribution in [3.05, 3.63) is 71.8 Å². The second-order valence-electron chi connectivity index (χ2n) is 9.55. The number of hydrogen-bond donors (Lipinski definition) is 1. The zero-order valence-corrected chi connectivity index (χ0v) is 25.1. The summed E-state index contributed by atoms with van der Waals surface area (Å²) in [4.78, 5) is 43.1. The number of hydrogen-bond acceptors (Lipinski definition) is 8. The van der Waals surface area contributed by atoms with Gasteiger partial charge in [0.1, 0.15) is 0 Å². The molecule has 0 heterocycles. The average Bonchev–Trinajstić information content (AvgIpc) is 2.94. The largest absolute Gasteiger partial charge is 0.465 e. The molecule has 9 nitrogen and oxygen atoms in total. The van der Waals surface area contributed by atoms with Crippen LogP contribution in [0.1, 0.15) is 52.2 Å². The van der Waals surface area contributed by atoms with Crippen LogP contribution < -0.4 is 5.48 Å². The lowest BCUT2D eigenvalue weighted by molar-refractivity contribution is -0.179. The summed E-state index contributed by atoms with van der Waals surface area (Å²) in [6, 6.07) is 19.5. The Hall–Kier alpha value is -3.52. The lowest BCUT2D eigenvalue weighted by Gasteiger charge is -2.28. The molecular weight excluding hydrogens is 545 g/mol. The van der Waals surface area contributed by atoms with Crippen LogP contribution in [0.2, 0.25) is 0 Å². The van der Waals surface area contributed by atoms with Crippen molar-refractivity contribution < 1.29 is 37.6 Å². The van der Waals surface area contributed by atoms with Crippen molar-refractivity contribution in [1.82, 2.24) is 5.48 Å². The van der Waals surface area contributed by atoms with Gasteiger partial charge in [-0.05, 0) is 66.6 Å². The van der Waals surface area contributed by atoms with Gasteiger partial charge in [-0.3, -0.25) is 14.2 Å². The summed E-state index contributed by atoms with van der Waals surface area (Å²) in [6.07, 6.45) is -0.0381. The highest BCUT2D eigenvalue weighted by atomic mass is 31.2. The number of amides is 1. The molecule has 0 spiro atoms. The highest BCUT2D eigenvalue weighted by molar-refractivity contribution is 7.53. The maximum Gasteiger partial charge on any atom is 0.349 e. The molecule has 3 aromatic rings. The molecule has 0 saturated carbocycles. The van der Waals surface area contributed by atoms with E-state index in [1.165, 1.54) is 6.92 Å². The van der Waals surface area contributed by atoms with E-state index < -0.39 is 30.9 Å². The Morgan fingerprint density at radius 2 is 1.49 bits per heavy atom.